The predicted octanol–water partition coefficient (Wildman–Crippen LogP) is 17.3. The van der Waals surface area contributed by atoms with E-state index in [2.05, 4.69) is 9.47 Å². The zero-order chi connectivity index (χ0) is 48.6. The maximum Gasteiger partial charge on any atom is 0.432 e. The minimum atomic E-state index is -5.42. The number of hydrogen-bond acceptors (Lipinski definition) is 2. The summed E-state index contributed by atoms with van der Waals surface area (Å²) in [4.78, 5) is 0. The predicted molar refractivity (Wildman–Crippen MR) is 218 cm³/mol. The van der Waals surface area contributed by atoms with Gasteiger partial charge in [-0.1, -0.05) is 63.0 Å². The maximum absolute atomic E-state index is 14.7. The van der Waals surface area contributed by atoms with Crippen LogP contribution in [0, 0.1) is 70.2 Å². The first-order chi connectivity index (χ1) is 31.5. The normalized spacial score (nSPS) is 22.1. The maximum atomic E-state index is 14.7. The Morgan fingerprint density at radius 3 is 0.925 bits per heavy atom. The molecule has 8 rings (SSSR count). The van der Waals surface area contributed by atoms with Gasteiger partial charge >= 0.3 is 18.4 Å². The van der Waals surface area contributed by atoms with E-state index in [1.54, 1.807) is 0 Å². The molecular formula is C49H46ClF15O2. The average Bonchev–Trinajstić information content (AvgIpc) is 3.98. The summed E-state index contributed by atoms with van der Waals surface area (Å²) in [5.41, 5.74) is -5.11. The third-order valence-electron chi connectivity index (χ3n) is 14.1. The molecule has 0 radical (unpaired) electrons. The van der Waals surface area contributed by atoms with E-state index in [1.807, 2.05) is 0 Å². The van der Waals surface area contributed by atoms with Crippen molar-refractivity contribution in [3.05, 3.63) is 128 Å². The molecule has 4 aromatic rings. The second-order valence-electron chi connectivity index (χ2n) is 18.2. The zero-order valence-corrected chi connectivity index (χ0v) is 36.5. The van der Waals surface area contributed by atoms with Crippen molar-refractivity contribution < 1.29 is 75.3 Å². The van der Waals surface area contributed by atoms with Crippen LogP contribution in [0.2, 0.25) is 5.02 Å². The lowest BCUT2D eigenvalue weighted by Gasteiger charge is -2.32. The monoisotopic (exact) mass is 986 g/mol. The van der Waals surface area contributed by atoms with Crippen molar-refractivity contribution in [2.45, 2.75) is 133 Å². The van der Waals surface area contributed by atoms with Gasteiger partial charge in [0.15, 0.2) is 0 Å². The zero-order valence-electron chi connectivity index (χ0n) is 35.8. The summed E-state index contributed by atoms with van der Waals surface area (Å²) in [6, 6.07) is 4.03. The number of benzene rings is 4. The van der Waals surface area contributed by atoms with Gasteiger partial charge in [0.1, 0.15) is 79.7 Å². The number of halogens is 16. The summed E-state index contributed by atoms with van der Waals surface area (Å²) in [6.07, 6.45) is 1.74. The summed E-state index contributed by atoms with van der Waals surface area (Å²) < 4.78 is 218. The van der Waals surface area contributed by atoms with Gasteiger partial charge in [0, 0.05) is 24.3 Å². The van der Waals surface area contributed by atoms with Gasteiger partial charge in [-0.15, -0.1) is 0 Å². The van der Waals surface area contributed by atoms with Crippen LogP contribution in [0.25, 0.3) is 0 Å². The Balaban J connectivity index is 0.000000200. The Bertz CT molecular complexity index is 2280. The van der Waals surface area contributed by atoms with Crippen LogP contribution >= 0.6 is 11.6 Å². The molecule has 4 saturated carbocycles. The molecule has 0 unspecified atom stereocenters. The third kappa shape index (κ3) is 11.6. The Hall–Kier alpha value is -4.28. The van der Waals surface area contributed by atoms with Crippen molar-refractivity contribution in [3.8, 4) is 11.5 Å². The average molecular weight is 987 g/mol. The van der Waals surface area contributed by atoms with Crippen LogP contribution in [-0.2, 0) is 18.4 Å². The molecule has 4 aliphatic rings. The lowest BCUT2D eigenvalue weighted by molar-refractivity contribution is -0.190. The molecule has 4 aliphatic carbocycles. The van der Waals surface area contributed by atoms with E-state index in [1.165, 1.54) is 51.4 Å². The summed E-state index contributed by atoms with van der Waals surface area (Å²) in [5, 5.41) is -0.898. The molecule has 2 nitrogen and oxygen atoms in total. The Morgan fingerprint density at radius 1 is 0.358 bits per heavy atom. The molecule has 0 spiro atoms. The number of rotatable bonds is 10. The molecule has 0 bridgehead atoms. The van der Waals surface area contributed by atoms with E-state index >= 15 is 0 Å². The molecule has 4 fully saturated rings. The molecule has 0 N–H and O–H groups in total. The van der Waals surface area contributed by atoms with Gasteiger partial charge in [0.05, 0.1) is 0 Å². The first-order valence-corrected chi connectivity index (χ1v) is 22.7. The van der Waals surface area contributed by atoms with Gasteiger partial charge in [-0.25, -0.2) is 35.1 Å². The highest BCUT2D eigenvalue weighted by Gasteiger charge is 2.45. The van der Waals surface area contributed by atoms with E-state index in [-0.39, 0.29) is 29.5 Å². The first-order valence-electron chi connectivity index (χ1n) is 22.4. The Labute approximate surface area is 382 Å². The Morgan fingerprint density at radius 2 is 0.627 bits per heavy atom. The second kappa shape index (κ2) is 20.4. The van der Waals surface area contributed by atoms with E-state index in [9.17, 15) is 65.9 Å². The van der Waals surface area contributed by atoms with Crippen molar-refractivity contribution in [2.75, 3.05) is 0 Å². The molecule has 0 heterocycles. The standard InChI is InChI=1S/C25H23F9O.C24H23ClF6O/c26-18-9-16(15-7-5-14(6-8-15)13-3-1-2-4-13)10-19(27)23(18)25(33,34)35-17-11-20(28)22(21(29)12-17)24(30,31)32;25-23-20(28)11-17(12-21(23)29)32-24(30,31)22-18(26)9-16(10-19(22)27)15-7-5-14(6-8-15)13-3-1-2-4-13/h9-15H,1-8H2;9-15H,1-8H2. The SMILES string of the molecule is Fc1cc(OC(F)(F)c2c(F)cc(C3CCC(C4CCCC4)CC3)cc2F)cc(F)c1C(F)(F)F.Fc1cc(OC(F)(F)c2c(F)cc(C3CCC(C4CCCC4)CC3)cc2F)cc(F)c1Cl. The molecule has 0 atom stereocenters. The van der Waals surface area contributed by atoms with Gasteiger partial charge in [0.2, 0.25) is 0 Å². The van der Waals surface area contributed by atoms with Crippen LogP contribution in [0.1, 0.15) is 142 Å². The lowest BCUT2D eigenvalue weighted by atomic mass is 9.73. The van der Waals surface area contributed by atoms with Crippen molar-refractivity contribution >= 4 is 11.6 Å². The number of ether oxygens (including phenoxy) is 2. The highest BCUT2D eigenvalue weighted by molar-refractivity contribution is 6.30. The smallest absolute Gasteiger partial charge is 0.429 e. The molecular weight excluding hydrogens is 941 g/mol. The molecule has 67 heavy (non-hydrogen) atoms. The van der Waals surface area contributed by atoms with Crippen LogP contribution < -0.4 is 9.47 Å². The van der Waals surface area contributed by atoms with Crippen molar-refractivity contribution in [1.82, 2.24) is 0 Å². The van der Waals surface area contributed by atoms with Crippen LogP contribution in [0.15, 0.2) is 48.5 Å². The lowest BCUT2D eigenvalue weighted by Crippen LogP contribution is -2.26. The molecule has 4 aromatic carbocycles. The molecule has 366 valence electrons. The third-order valence-corrected chi connectivity index (χ3v) is 14.4. The summed E-state index contributed by atoms with van der Waals surface area (Å²) >= 11 is 5.31. The minimum Gasteiger partial charge on any atom is -0.429 e. The van der Waals surface area contributed by atoms with Crippen LogP contribution in [0.5, 0.6) is 11.5 Å². The largest absolute Gasteiger partial charge is 0.432 e. The highest BCUT2D eigenvalue weighted by Crippen LogP contribution is 2.47. The molecule has 18 heteroatoms. The van der Waals surface area contributed by atoms with Crippen LogP contribution in [0.3, 0.4) is 0 Å². The van der Waals surface area contributed by atoms with Gasteiger partial charge in [-0.05, 0) is 122 Å². The van der Waals surface area contributed by atoms with Gasteiger partial charge in [-0.2, -0.15) is 30.7 Å². The van der Waals surface area contributed by atoms with Crippen LogP contribution in [-0.4, -0.2) is 0 Å². The van der Waals surface area contributed by atoms with Crippen LogP contribution in [0.4, 0.5) is 65.9 Å². The topological polar surface area (TPSA) is 18.5 Å². The molecule has 0 aromatic heterocycles. The van der Waals surface area contributed by atoms with Crippen molar-refractivity contribution in [1.29, 1.82) is 0 Å². The Kier molecular flexibility index (Phi) is 15.4. The van der Waals surface area contributed by atoms with E-state index in [0.29, 0.717) is 48.3 Å². The van der Waals surface area contributed by atoms with Crippen molar-refractivity contribution in [2.24, 2.45) is 23.7 Å². The fourth-order valence-electron chi connectivity index (χ4n) is 10.8. The second-order valence-corrected chi connectivity index (χ2v) is 18.6. The number of hydrogen-bond donors (Lipinski definition) is 0. The fourth-order valence-corrected chi connectivity index (χ4v) is 10.9. The van der Waals surface area contributed by atoms with Gasteiger partial charge in [-0.3, -0.25) is 0 Å². The molecule has 0 amide bonds. The molecule has 0 saturated heterocycles. The van der Waals surface area contributed by atoms with Gasteiger partial charge in [0.25, 0.3) is 0 Å². The first kappa shape index (κ1) is 50.6. The highest BCUT2D eigenvalue weighted by atomic mass is 35.5. The van der Waals surface area contributed by atoms with Gasteiger partial charge < -0.3 is 9.47 Å². The van der Waals surface area contributed by atoms with Crippen molar-refractivity contribution in [3.63, 3.8) is 0 Å². The van der Waals surface area contributed by atoms with E-state index in [0.717, 1.165) is 68.7 Å². The molecule has 0 aliphatic heterocycles. The minimum absolute atomic E-state index is 0.0975. The van der Waals surface area contributed by atoms with E-state index in [4.69, 9.17) is 11.6 Å². The summed E-state index contributed by atoms with van der Waals surface area (Å²) in [6.45, 7) is 0. The quantitative estimate of drug-likeness (QED) is 0.116. The number of alkyl halides is 7. The summed E-state index contributed by atoms with van der Waals surface area (Å²) in [5.74, 6) is -13.2. The van der Waals surface area contributed by atoms with E-state index < -0.39 is 98.1 Å². The fraction of sp³-hybridized carbons (Fsp3) is 0.510. The summed E-state index contributed by atoms with van der Waals surface area (Å²) in [7, 11) is 0.